The number of hydrogen-bond donors (Lipinski definition) is 2. The van der Waals surface area contributed by atoms with Gasteiger partial charge in [0.15, 0.2) is 17.3 Å². The molecule has 0 radical (unpaired) electrons. The number of nitrogens with one attached hydrogen (secondary N) is 2. The van der Waals surface area contributed by atoms with E-state index in [4.69, 9.17) is 26.4 Å². The predicted octanol–water partition coefficient (Wildman–Crippen LogP) is 5.31. The third kappa shape index (κ3) is 4.96. The lowest BCUT2D eigenvalue weighted by atomic mass is 10.2. The first-order chi connectivity index (χ1) is 14.6. The van der Waals surface area contributed by atoms with E-state index in [0.717, 1.165) is 27.8 Å². The van der Waals surface area contributed by atoms with Crippen LogP contribution in [0, 0.1) is 4.77 Å². The van der Waals surface area contributed by atoms with E-state index < -0.39 is 0 Å². The molecule has 1 heterocycles. The molecule has 9 heteroatoms. The Morgan fingerprint density at radius 2 is 1.97 bits per heavy atom. The highest BCUT2D eigenvalue weighted by Crippen LogP contribution is 2.37. The van der Waals surface area contributed by atoms with Gasteiger partial charge in [-0.25, -0.2) is 9.77 Å². The van der Waals surface area contributed by atoms with Gasteiger partial charge in [0.05, 0.1) is 36.9 Å². The molecule has 0 saturated heterocycles. The fraction of sp³-hybridized carbons (Fsp3) is 0.333. The van der Waals surface area contributed by atoms with E-state index in [1.165, 1.54) is 0 Å². The van der Waals surface area contributed by atoms with Gasteiger partial charge in [-0.15, -0.1) is 0 Å². The van der Waals surface area contributed by atoms with Gasteiger partial charge >= 0.3 is 0 Å². The first-order valence-corrected chi connectivity index (χ1v) is 10.9. The summed E-state index contributed by atoms with van der Waals surface area (Å²) < 4.78 is 20.2. The number of aromatic nitrogens is 3. The van der Waals surface area contributed by atoms with E-state index in [-0.39, 0.29) is 0 Å². The zero-order valence-electron chi connectivity index (χ0n) is 17.2. The largest absolute Gasteiger partial charge is 0.496 e. The average molecular weight is 493 g/mol. The van der Waals surface area contributed by atoms with Crippen molar-refractivity contribution in [1.82, 2.24) is 14.9 Å². The third-order valence-corrected chi connectivity index (χ3v) is 5.14. The monoisotopic (exact) mass is 492 g/mol. The van der Waals surface area contributed by atoms with Crippen molar-refractivity contribution in [3.63, 3.8) is 0 Å². The van der Waals surface area contributed by atoms with Crippen molar-refractivity contribution in [2.45, 2.75) is 26.8 Å². The van der Waals surface area contributed by atoms with Gasteiger partial charge in [0.25, 0.3) is 0 Å². The zero-order valence-corrected chi connectivity index (χ0v) is 19.6. The fourth-order valence-corrected chi connectivity index (χ4v) is 3.76. The fourth-order valence-electron chi connectivity index (χ4n) is 2.95. The molecule has 2 aromatic carbocycles. The van der Waals surface area contributed by atoms with Crippen LogP contribution in [0.25, 0.3) is 11.4 Å². The molecule has 3 rings (SSSR count). The highest BCUT2D eigenvalue weighted by molar-refractivity contribution is 9.10. The summed E-state index contributed by atoms with van der Waals surface area (Å²) in [5.41, 5.74) is 5.17. The summed E-state index contributed by atoms with van der Waals surface area (Å²) >= 11 is 9.02. The number of H-pyrrole nitrogens is 1. The summed E-state index contributed by atoms with van der Waals surface area (Å²) in [6, 6.07) is 11.6. The number of rotatable bonds is 10. The van der Waals surface area contributed by atoms with Gasteiger partial charge in [-0.1, -0.05) is 19.1 Å². The van der Waals surface area contributed by atoms with Crippen LogP contribution >= 0.6 is 28.1 Å². The van der Waals surface area contributed by atoms with Crippen LogP contribution in [-0.4, -0.2) is 35.2 Å². The molecule has 3 aromatic rings. The molecule has 0 atom stereocenters. The average Bonchev–Trinajstić information content (AvgIpc) is 3.12. The molecule has 0 unspecified atom stereocenters. The minimum Gasteiger partial charge on any atom is -0.496 e. The molecule has 1 aromatic heterocycles. The maximum absolute atomic E-state index is 5.85. The highest BCUT2D eigenvalue weighted by Gasteiger charge is 2.15. The van der Waals surface area contributed by atoms with Gasteiger partial charge < -0.3 is 19.6 Å². The first kappa shape index (κ1) is 22.2. The van der Waals surface area contributed by atoms with Gasteiger partial charge in [-0.3, -0.25) is 0 Å². The molecule has 30 heavy (non-hydrogen) atoms. The SMILES string of the molecule is CCCOc1c(Br)cc(CNn2c(-c3ccccc3OC)n[nH]c2=S)cc1OCC. The number of hydrogen-bond acceptors (Lipinski definition) is 6. The van der Waals surface area contributed by atoms with E-state index in [2.05, 4.69) is 38.5 Å². The molecule has 0 aliphatic heterocycles. The van der Waals surface area contributed by atoms with Crippen LogP contribution in [-0.2, 0) is 6.54 Å². The Labute approximate surface area is 189 Å². The van der Waals surface area contributed by atoms with Crippen LogP contribution in [0.15, 0.2) is 40.9 Å². The summed E-state index contributed by atoms with van der Waals surface area (Å²) in [6.07, 6.45) is 0.922. The van der Waals surface area contributed by atoms with Crippen LogP contribution in [0.2, 0.25) is 0 Å². The van der Waals surface area contributed by atoms with E-state index in [1.54, 1.807) is 11.8 Å². The summed E-state index contributed by atoms with van der Waals surface area (Å²) in [4.78, 5) is 0. The quantitative estimate of drug-likeness (QED) is 0.373. The van der Waals surface area contributed by atoms with Gasteiger partial charge in [0.2, 0.25) is 4.77 Å². The number of benzene rings is 2. The predicted molar refractivity (Wildman–Crippen MR) is 124 cm³/mol. The van der Waals surface area contributed by atoms with Crippen LogP contribution < -0.4 is 19.6 Å². The highest BCUT2D eigenvalue weighted by atomic mass is 79.9. The second kappa shape index (κ2) is 10.5. The van der Waals surface area contributed by atoms with Gasteiger partial charge in [0, 0.05) is 0 Å². The maximum atomic E-state index is 5.85. The molecule has 0 saturated carbocycles. The lowest BCUT2D eigenvalue weighted by molar-refractivity contribution is 0.275. The Balaban J connectivity index is 1.87. The Bertz CT molecular complexity index is 1050. The first-order valence-electron chi connectivity index (χ1n) is 9.71. The molecule has 0 bridgehead atoms. The summed E-state index contributed by atoms with van der Waals surface area (Å²) in [6.45, 7) is 5.70. The van der Waals surface area contributed by atoms with E-state index in [0.29, 0.717) is 41.9 Å². The molecule has 0 fully saturated rings. The molecule has 160 valence electrons. The minimum atomic E-state index is 0.461. The van der Waals surface area contributed by atoms with E-state index in [1.807, 2.05) is 43.3 Å². The minimum absolute atomic E-state index is 0.461. The van der Waals surface area contributed by atoms with Gasteiger partial charge in [-0.05, 0) is 71.3 Å². The number of halogens is 1. The molecule has 0 amide bonds. The number of methoxy groups -OCH3 is 1. The molecule has 0 spiro atoms. The third-order valence-electron chi connectivity index (χ3n) is 4.28. The zero-order chi connectivity index (χ0) is 21.5. The Morgan fingerprint density at radius 3 is 2.70 bits per heavy atom. The van der Waals surface area contributed by atoms with Crippen LogP contribution in [0.3, 0.4) is 0 Å². The molecule has 2 N–H and O–H groups in total. The maximum Gasteiger partial charge on any atom is 0.214 e. The van der Waals surface area contributed by atoms with Crippen molar-refractivity contribution in [3.05, 3.63) is 51.2 Å². The Hall–Kier alpha value is -2.52. The smallest absolute Gasteiger partial charge is 0.214 e. The molecular weight excluding hydrogens is 468 g/mol. The standard InChI is InChI=1S/C21H25BrN4O3S/c1-4-10-29-19-16(22)11-14(12-18(19)28-5-2)13-23-26-20(24-25-21(26)30)15-8-6-7-9-17(15)27-3/h6-9,11-12,23H,4-5,10,13H2,1-3H3,(H,25,30). The van der Waals surface area contributed by atoms with Gasteiger partial charge in [0.1, 0.15) is 5.75 Å². The second-order valence-electron chi connectivity index (χ2n) is 6.41. The van der Waals surface area contributed by atoms with Crippen LogP contribution in [0.5, 0.6) is 17.2 Å². The van der Waals surface area contributed by atoms with Gasteiger partial charge in [-0.2, -0.15) is 5.10 Å². The Morgan fingerprint density at radius 1 is 1.17 bits per heavy atom. The number of nitrogens with zero attached hydrogens (tertiary/aromatic N) is 2. The van der Waals surface area contributed by atoms with Crippen molar-refractivity contribution < 1.29 is 14.2 Å². The van der Waals surface area contributed by atoms with Crippen LogP contribution in [0.1, 0.15) is 25.8 Å². The van der Waals surface area contributed by atoms with Crippen molar-refractivity contribution in [2.75, 3.05) is 25.7 Å². The number of ether oxygens (including phenoxy) is 3. The second-order valence-corrected chi connectivity index (χ2v) is 7.65. The molecule has 0 aliphatic rings. The number of para-hydroxylation sites is 1. The topological polar surface area (TPSA) is 73.3 Å². The van der Waals surface area contributed by atoms with E-state index in [9.17, 15) is 0 Å². The summed E-state index contributed by atoms with van der Waals surface area (Å²) in [7, 11) is 1.63. The lowest BCUT2D eigenvalue weighted by Crippen LogP contribution is -2.16. The lowest BCUT2D eigenvalue weighted by Gasteiger charge is -2.16. The van der Waals surface area contributed by atoms with Crippen molar-refractivity contribution >= 4 is 28.1 Å². The number of aromatic amines is 1. The summed E-state index contributed by atoms with van der Waals surface area (Å²) in [5.74, 6) is 2.78. The van der Waals surface area contributed by atoms with Crippen molar-refractivity contribution in [1.29, 1.82) is 0 Å². The summed E-state index contributed by atoms with van der Waals surface area (Å²) in [5, 5.41) is 7.21. The van der Waals surface area contributed by atoms with E-state index >= 15 is 0 Å². The molecular formula is C21H25BrN4O3S. The van der Waals surface area contributed by atoms with Crippen LogP contribution in [0.4, 0.5) is 0 Å². The Kier molecular flexibility index (Phi) is 7.75. The molecule has 0 aliphatic carbocycles. The normalized spacial score (nSPS) is 10.7. The van der Waals surface area contributed by atoms with Crippen molar-refractivity contribution in [2.24, 2.45) is 0 Å². The molecule has 7 nitrogen and oxygen atoms in total. The van der Waals surface area contributed by atoms with Crippen molar-refractivity contribution in [3.8, 4) is 28.6 Å².